The molecule has 0 aromatic rings. The number of rotatable bonds is 5. The Bertz CT molecular complexity index is 430. The number of allylic oxidation sites excluding steroid dienone is 3. The van der Waals surface area contributed by atoms with E-state index in [0.29, 0.717) is 11.0 Å². The molecule has 0 fully saturated rings. The number of amides is 1. The normalized spacial score (nSPS) is 14.5. The average molecular weight is 381 g/mol. The number of nitrogens with one attached hydrogen (secondary N) is 1. The Morgan fingerprint density at radius 2 is 1.78 bits per heavy atom. The molecule has 0 bridgehead atoms. The Labute approximate surface area is 149 Å². The molecule has 2 atom stereocenters. The molecule has 126 valence electrons. The molecule has 1 aliphatic rings. The second kappa shape index (κ2) is 22.8. The molecule has 0 saturated heterocycles. The van der Waals surface area contributed by atoms with E-state index in [1.807, 2.05) is 24.3 Å². The van der Waals surface area contributed by atoms with Crippen molar-refractivity contribution in [1.29, 1.82) is 0 Å². The van der Waals surface area contributed by atoms with Crippen molar-refractivity contribution in [1.82, 2.24) is 5.32 Å². The van der Waals surface area contributed by atoms with Crippen molar-refractivity contribution in [3.05, 3.63) is 44.3 Å². The van der Waals surface area contributed by atoms with Gasteiger partial charge in [-0.05, 0) is 6.42 Å². The van der Waals surface area contributed by atoms with Gasteiger partial charge >= 0.3 is 39.9 Å². The number of hydrogen-bond donors (Lipinski definition) is 2. The summed E-state index contributed by atoms with van der Waals surface area (Å²) < 4.78 is 22.5. The maximum absolute atomic E-state index is 10.8. The zero-order valence-corrected chi connectivity index (χ0v) is 14.0. The van der Waals surface area contributed by atoms with Gasteiger partial charge in [0.15, 0.2) is 0 Å². The van der Waals surface area contributed by atoms with Crippen molar-refractivity contribution < 1.29 is 45.7 Å². The van der Waals surface area contributed by atoms with Gasteiger partial charge in [-0.25, -0.2) is 4.79 Å². The fraction of sp³-hybridized carbons (Fsp3) is 0.357. The zero-order valence-electron chi connectivity index (χ0n) is 12.1. The minimum Gasteiger partial charge on any atom is 0 e. The predicted molar refractivity (Wildman–Crippen MR) is 76.2 cm³/mol. The van der Waals surface area contributed by atoms with E-state index < -0.39 is 12.0 Å². The summed E-state index contributed by atoms with van der Waals surface area (Å²) in [5.74, 6) is -0.914. The van der Waals surface area contributed by atoms with Gasteiger partial charge in [0.05, 0.1) is 0 Å². The fourth-order valence-corrected chi connectivity index (χ4v) is 2.44. The van der Waals surface area contributed by atoms with E-state index in [9.17, 15) is 9.59 Å². The number of aliphatic carboxylic acids is 1. The Balaban J connectivity index is -0.000000231. The SMILES string of the molecule is CC(=O)N[C@@H](CSC1C=CC=CC1)C(=O)O.[C-]#[O+].[C-]#[O+].[C-]#[O+].[Fe]. The maximum atomic E-state index is 10.8. The Morgan fingerprint density at radius 1 is 1.26 bits per heavy atom. The van der Waals surface area contributed by atoms with Gasteiger partial charge < -0.3 is 10.4 Å². The van der Waals surface area contributed by atoms with Crippen LogP contribution >= 0.6 is 11.8 Å². The molecule has 9 heteroatoms. The van der Waals surface area contributed by atoms with Crippen LogP contribution in [0.15, 0.2) is 24.3 Å². The molecule has 2 N–H and O–H groups in total. The van der Waals surface area contributed by atoms with Crippen LogP contribution in [0.25, 0.3) is 0 Å². The van der Waals surface area contributed by atoms with Crippen molar-refractivity contribution in [2.45, 2.75) is 24.6 Å². The molecule has 0 aliphatic heterocycles. The van der Waals surface area contributed by atoms with E-state index in [1.54, 1.807) is 11.8 Å². The van der Waals surface area contributed by atoms with Gasteiger partial charge in [-0.1, -0.05) is 24.3 Å². The Hall–Kier alpha value is -1.49. The first kappa shape index (κ1) is 29.5. The van der Waals surface area contributed by atoms with Crippen LogP contribution in [0.4, 0.5) is 0 Å². The van der Waals surface area contributed by atoms with Gasteiger partial charge in [0.25, 0.3) is 0 Å². The third-order valence-corrected chi connectivity index (χ3v) is 3.40. The van der Waals surface area contributed by atoms with Crippen LogP contribution in [0.3, 0.4) is 0 Å². The first-order valence-corrected chi connectivity index (χ1v) is 6.70. The third kappa shape index (κ3) is 18.5. The molecular weight excluding hydrogens is 366 g/mol. The quantitative estimate of drug-likeness (QED) is 0.420. The first-order chi connectivity index (χ1) is 10.6. The van der Waals surface area contributed by atoms with Crippen LogP contribution in [-0.2, 0) is 40.6 Å². The molecule has 0 spiro atoms. The summed E-state index contributed by atoms with van der Waals surface area (Å²) in [6, 6.07) is -0.804. The molecule has 0 saturated carbocycles. The molecule has 0 heterocycles. The number of carbonyl (C=O) groups excluding carboxylic acids is 1. The molecule has 0 aromatic heterocycles. The van der Waals surface area contributed by atoms with Crippen molar-refractivity contribution >= 4 is 23.6 Å². The van der Waals surface area contributed by atoms with E-state index in [1.165, 1.54) is 6.92 Å². The summed E-state index contributed by atoms with van der Waals surface area (Å²) in [4.78, 5) is 21.6. The summed E-state index contributed by atoms with van der Waals surface area (Å²) in [5, 5.41) is 11.6. The Morgan fingerprint density at radius 3 is 2.13 bits per heavy atom. The smallest absolute Gasteiger partial charge is 0 e. The topological polar surface area (TPSA) is 126 Å². The number of hydrogen-bond acceptors (Lipinski definition) is 3. The molecule has 1 amide bonds. The fourth-order valence-electron chi connectivity index (χ4n) is 1.32. The first-order valence-electron chi connectivity index (χ1n) is 5.65. The molecule has 7 nitrogen and oxygen atoms in total. The standard InChI is InChI=1S/C11H15NO3S.3CO.Fe/c1-8(13)12-10(11(14)15)7-16-9-5-3-2-4-6-9;3*1-2;/h2-5,9-10H,6-7H2,1H3,(H,12,13)(H,14,15);;;;/t9?,10-;;;;/m0..../s1. The molecule has 0 aromatic carbocycles. The number of carboxylic acid groups (broad SMARTS) is 1. The van der Waals surface area contributed by atoms with Gasteiger partial charge in [0.2, 0.25) is 5.91 Å². The zero-order chi connectivity index (χ0) is 18.0. The van der Waals surface area contributed by atoms with Gasteiger partial charge in [-0.2, -0.15) is 11.8 Å². The molecular formula is C14H15FeNO6S. The van der Waals surface area contributed by atoms with Gasteiger partial charge in [0, 0.05) is 35.0 Å². The number of thioether (sulfide) groups is 1. The summed E-state index contributed by atoms with van der Waals surface area (Å²) in [6.07, 6.45) is 8.92. The van der Waals surface area contributed by atoms with Crippen LogP contribution in [0.5, 0.6) is 0 Å². The molecule has 1 aliphatic carbocycles. The van der Waals surface area contributed by atoms with Crippen LogP contribution in [0.2, 0.25) is 0 Å². The van der Waals surface area contributed by atoms with Gasteiger partial charge in [0.1, 0.15) is 6.04 Å². The van der Waals surface area contributed by atoms with E-state index in [-0.39, 0.29) is 23.0 Å². The maximum Gasteiger partial charge on any atom is 0 e. The molecule has 0 radical (unpaired) electrons. The van der Waals surface area contributed by atoms with Gasteiger partial charge in [-0.3, -0.25) is 4.79 Å². The second-order valence-electron chi connectivity index (χ2n) is 3.51. The largest absolute Gasteiger partial charge is 0 e. The van der Waals surface area contributed by atoms with Crippen LogP contribution in [-0.4, -0.2) is 34.0 Å². The third-order valence-electron chi connectivity index (χ3n) is 2.09. The minimum absolute atomic E-state index is 0. The summed E-state index contributed by atoms with van der Waals surface area (Å²) in [7, 11) is 0. The van der Waals surface area contributed by atoms with Crippen LogP contribution in [0, 0.1) is 20.0 Å². The second-order valence-corrected chi connectivity index (χ2v) is 4.78. The van der Waals surface area contributed by atoms with Crippen LogP contribution in [0.1, 0.15) is 13.3 Å². The van der Waals surface area contributed by atoms with Crippen molar-refractivity contribution in [3.63, 3.8) is 0 Å². The van der Waals surface area contributed by atoms with Crippen LogP contribution < -0.4 is 5.32 Å². The monoisotopic (exact) mass is 381 g/mol. The average Bonchev–Trinajstić information content (AvgIpc) is 2.57. The molecule has 1 unspecified atom stereocenters. The minimum atomic E-state index is -0.988. The van der Waals surface area contributed by atoms with E-state index >= 15 is 0 Å². The Kier molecular flexibility index (Phi) is 29.2. The predicted octanol–water partition coefficient (Wildman–Crippen LogP) is 1.08. The van der Waals surface area contributed by atoms with E-state index in [0.717, 1.165) is 6.42 Å². The van der Waals surface area contributed by atoms with Crippen molar-refractivity contribution in [2.24, 2.45) is 0 Å². The van der Waals surface area contributed by atoms with Gasteiger partial charge in [-0.15, -0.1) is 0 Å². The molecule has 1 rings (SSSR count). The van der Waals surface area contributed by atoms with Crippen molar-refractivity contribution in [2.75, 3.05) is 5.75 Å². The number of carbonyl (C=O) groups is 2. The summed E-state index contributed by atoms with van der Waals surface area (Å²) in [6.45, 7) is 14.8. The summed E-state index contributed by atoms with van der Waals surface area (Å²) >= 11 is 1.54. The van der Waals surface area contributed by atoms with E-state index in [2.05, 4.69) is 25.3 Å². The molecule has 23 heavy (non-hydrogen) atoms. The van der Waals surface area contributed by atoms with E-state index in [4.69, 9.17) is 19.1 Å². The summed E-state index contributed by atoms with van der Waals surface area (Å²) in [5.41, 5.74) is 0. The number of carboxylic acids is 1. The van der Waals surface area contributed by atoms with Crippen molar-refractivity contribution in [3.8, 4) is 0 Å².